The van der Waals surface area contributed by atoms with E-state index < -0.39 is 6.17 Å². The standard InChI is InChI=1S/C63H38N4OS/c1-2-13-37(14-3-1)38-25-27-39(28-26-38)61-64-62(48-23-12-22-47-46-21-10-11-24-59(46)69-60(47)48)66-63(65-61)53-35-52-51-31-42-17-6-9-20-45(42)34-57(51)68-58(52)36-56(53)67-54-32-43-18-7-4-15-40(43)29-49(54)50-30-41-16-5-8-19-44(41)33-55(50)67/h1-36,61H,(H,64,65,66). The van der Waals surface area contributed by atoms with Crippen molar-refractivity contribution in [2.24, 2.45) is 9.98 Å². The monoisotopic (exact) mass is 898 g/mol. The lowest BCUT2D eigenvalue weighted by Gasteiger charge is -2.25. The highest BCUT2D eigenvalue weighted by molar-refractivity contribution is 7.26. The van der Waals surface area contributed by atoms with Gasteiger partial charge < -0.3 is 14.3 Å². The molecule has 3 aromatic heterocycles. The first kappa shape index (κ1) is 38.3. The molecule has 0 saturated carbocycles. The maximum Gasteiger partial charge on any atom is 0.160 e. The zero-order valence-corrected chi connectivity index (χ0v) is 37.8. The molecule has 1 unspecified atom stereocenters. The van der Waals surface area contributed by atoms with Crippen LogP contribution in [-0.2, 0) is 0 Å². The maximum absolute atomic E-state index is 6.92. The van der Waals surface area contributed by atoms with Gasteiger partial charge in [0.25, 0.3) is 0 Å². The van der Waals surface area contributed by atoms with Crippen LogP contribution in [0.2, 0.25) is 0 Å². The maximum atomic E-state index is 6.92. The van der Waals surface area contributed by atoms with Crippen LogP contribution < -0.4 is 5.32 Å². The third-order valence-corrected chi connectivity index (χ3v) is 15.4. The fraction of sp³-hybridized carbons (Fsp3) is 0.0159. The molecule has 0 radical (unpaired) electrons. The molecule has 5 nitrogen and oxygen atoms in total. The molecular formula is C63H38N4OS. The van der Waals surface area contributed by atoms with Gasteiger partial charge in [0.05, 0.1) is 16.7 Å². The molecule has 4 heterocycles. The summed E-state index contributed by atoms with van der Waals surface area (Å²) in [5, 5.41) is 17.9. The summed E-state index contributed by atoms with van der Waals surface area (Å²) >= 11 is 1.80. The highest BCUT2D eigenvalue weighted by Crippen LogP contribution is 2.42. The Balaban J connectivity index is 1.03. The van der Waals surface area contributed by atoms with Gasteiger partial charge in [-0.05, 0) is 104 Å². The van der Waals surface area contributed by atoms with E-state index in [1.807, 2.05) is 0 Å². The Hall–Kier alpha value is -8.84. The van der Waals surface area contributed by atoms with E-state index in [9.17, 15) is 0 Å². The molecule has 0 saturated heterocycles. The predicted octanol–water partition coefficient (Wildman–Crippen LogP) is 16.7. The van der Waals surface area contributed by atoms with Crippen molar-refractivity contribution in [3.63, 3.8) is 0 Å². The summed E-state index contributed by atoms with van der Waals surface area (Å²) in [5.74, 6) is 1.42. The molecule has 11 aromatic carbocycles. The molecule has 15 rings (SSSR count). The summed E-state index contributed by atoms with van der Waals surface area (Å²) in [4.78, 5) is 11.2. The second kappa shape index (κ2) is 14.8. The molecule has 6 heteroatoms. The van der Waals surface area contributed by atoms with Crippen molar-refractivity contribution in [2.45, 2.75) is 6.17 Å². The number of fused-ring (bicyclic) bond motifs is 12. The van der Waals surface area contributed by atoms with Gasteiger partial charge in [-0.15, -0.1) is 11.3 Å². The van der Waals surface area contributed by atoms with Crippen molar-refractivity contribution >= 4 is 119 Å². The van der Waals surface area contributed by atoms with Crippen molar-refractivity contribution < 1.29 is 4.42 Å². The van der Waals surface area contributed by atoms with Crippen LogP contribution in [0.4, 0.5) is 0 Å². The molecule has 0 spiro atoms. The lowest BCUT2D eigenvalue weighted by Crippen LogP contribution is -2.34. The first-order valence-electron chi connectivity index (χ1n) is 23.4. The molecular weight excluding hydrogens is 861 g/mol. The molecule has 322 valence electrons. The van der Waals surface area contributed by atoms with Crippen LogP contribution in [0.5, 0.6) is 0 Å². The number of thiophene rings is 1. The Morgan fingerprint density at radius 2 is 0.986 bits per heavy atom. The average molecular weight is 899 g/mol. The number of hydrogen-bond acceptors (Lipinski definition) is 5. The van der Waals surface area contributed by atoms with E-state index in [2.05, 4.69) is 228 Å². The lowest BCUT2D eigenvalue weighted by atomic mass is 10.0. The van der Waals surface area contributed by atoms with E-state index in [0.717, 1.165) is 77.5 Å². The van der Waals surface area contributed by atoms with E-state index in [1.54, 1.807) is 11.3 Å². The Morgan fingerprint density at radius 3 is 1.68 bits per heavy atom. The van der Waals surface area contributed by atoms with Crippen LogP contribution in [0.25, 0.3) is 113 Å². The van der Waals surface area contributed by atoms with Gasteiger partial charge in [-0.3, -0.25) is 0 Å². The molecule has 0 amide bonds. The number of nitrogens with zero attached hydrogens (tertiary/aromatic N) is 3. The van der Waals surface area contributed by atoms with Gasteiger partial charge in [0.2, 0.25) is 0 Å². The smallest absolute Gasteiger partial charge is 0.160 e. The first-order valence-corrected chi connectivity index (χ1v) is 24.2. The Kier molecular flexibility index (Phi) is 8.23. The number of amidine groups is 2. The number of furan rings is 1. The van der Waals surface area contributed by atoms with Gasteiger partial charge in [0, 0.05) is 58.9 Å². The number of benzene rings is 11. The van der Waals surface area contributed by atoms with E-state index in [-0.39, 0.29) is 0 Å². The van der Waals surface area contributed by atoms with Gasteiger partial charge in [0.15, 0.2) is 5.84 Å². The summed E-state index contributed by atoms with van der Waals surface area (Å²) < 4.78 is 11.8. The van der Waals surface area contributed by atoms with Gasteiger partial charge >= 0.3 is 0 Å². The highest BCUT2D eigenvalue weighted by atomic mass is 32.1. The Bertz CT molecular complexity index is 4420. The van der Waals surface area contributed by atoms with E-state index >= 15 is 0 Å². The van der Waals surface area contributed by atoms with Crippen molar-refractivity contribution in [1.29, 1.82) is 0 Å². The second-order valence-electron chi connectivity index (χ2n) is 18.2. The molecule has 0 bridgehead atoms. The minimum Gasteiger partial charge on any atom is -0.456 e. The quantitative estimate of drug-likeness (QED) is 0.187. The van der Waals surface area contributed by atoms with E-state index in [4.69, 9.17) is 14.4 Å². The number of aromatic nitrogens is 1. The second-order valence-corrected chi connectivity index (χ2v) is 19.2. The van der Waals surface area contributed by atoms with Crippen LogP contribution in [0.1, 0.15) is 22.9 Å². The number of hydrogen-bond donors (Lipinski definition) is 1. The molecule has 1 atom stereocenters. The normalized spacial score (nSPS) is 14.2. The zero-order chi connectivity index (χ0) is 45.2. The minimum atomic E-state index is -0.443. The Labute approximate surface area is 399 Å². The minimum absolute atomic E-state index is 0.443. The first-order chi connectivity index (χ1) is 34.1. The lowest BCUT2D eigenvalue weighted by molar-refractivity contribution is 0.668. The number of aliphatic imine (C=N–C) groups is 2. The average Bonchev–Trinajstić information content (AvgIpc) is 4.06. The van der Waals surface area contributed by atoms with E-state index in [1.165, 1.54) is 58.1 Å². The largest absolute Gasteiger partial charge is 0.456 e. The molecule has 14 aromatic rings. The van der Waals surface area contributed by atoms with Crippen molar-refractivity contribution in [3.05, 3.63) is 235 Å². The zero-order valence-electron chi connectivity index (χ0n) is 37.0. The molecule has 1 N–H and O–H groups in total. The summed E-state index contributed by atoms with van der Waals surface area (Å²) in [5.41, 5.74) is 10.2. The highest BCUT2D eigenvalue weighted by Gasteiger charge is 2.28. The number of rotatable bonds is 5. The van der Waals surface area contributed by atoms with Crippen molar-refractivity contribution in [2.75, 3.05) is 0 Å². The molecule has 1 aliphatic rings. The van der Waals surface area contributed by atoms with Crippen molar-refractivity contribution in [1.82, 2.24) is 9.88 Å². The number of nitrogens with one attached hydrogen (secondary N) is 1. The summed E-state index contributed by atoms with van der Waals surface area (Å²) in [6.07, 6.45) is -0.443. The van der Waals surface area contributed by atoms with Crippen LogP contribution in [0.15, 0.2) is 233 Å². The molecule has 0 aliphatic carbocycles. The fourth-order valence-electron chi connectivity index (χ4n) is 10.8. The Morgan fingerprint density at radius 1 is 0.435 bits per heavy atom. The molecule has 1 aliphatic heterocycles. The SMILES string of the molecule is c1ccc(-c2ccc(C3N=C(c4cccc5c4sc4ccccc45)N=C(c4cc5c(cc4-n4c6cc7ccccc7cc6c6cc7ccccc7cc64)oc4cc6ccccc6cc45)N3)cc2)cc1. The predicted molar refractivity (Wildman–Crippen MR) is 291 cm³/mol. The van der Waals surface area contributed by atoms with Crippen LogP contribution in [0, 0.1) is 0 Å². The fourth-order valence-corrected chi connectivity index (χ4v) is 12.0. The molecule has 0 fully saturated rings. The summed E-state index contributed by atoms with van der Waals surface area (Å²) in [6.45, 7) is 0. The van der Waals surface area contributed by atoms with Gasteiger partial charge in [-0.1, -0.05) is 158 Å². The summed E-state index contributed by atoms with van der Waals surface area (Å²) in [6, 6.07) is 78.7. The van der Waals surface area contributed by atoms with Crippen molar-refractivity contribution in [3.8, 4) is 16.8 Å². The van der Waals surface area contributed by atoms with Crippen LogP contribution in [-0.4, -0.2) is 16.2 Å². The van der Waals surface area contributed by atoms with E-state index in [0.29, 0.717) is 5.84 Å². The third-order valence-electron chi connectivity index (χ3n) is 14.2. The van der Waals surface area contributed by atoms with Crippen LogP contribution >= 0.6 is 11.3 Å². The van der Waals surface area contributed by atoms with Gasteiger partial charge in [-0.25, -0.2) is 9.98 Å². The van der Waals surface area contributed by atoms with Crippen LogP contribution in [0.3, 0.4) is 0 Å². The van der Waals surface area contributed by atoms with Gasteiger partial charge in [-0.2, -0.15) is 0 Å². The van der Waals surface area contributed by atoms with Gasteiger partial charge in [0.1, 0.15) is 23.2 Å². The summed E-state index contributed by atoms with van der Waals surface area (Å²) in [7, 11) is 0. The topological polar surface area (TPSA) is 54.8 Å². The third kappa shape index (κ3) is 6.02. The molecule has 69 heavy (non-hydrogen) atoms.